The normalized spacial score (nSPS) is 34.2. The Kier molecular flexibility index (Phi) is 2.15. The highest BCUT2D eigenvalue weighted by Crippen LogP contribution is 2.49. The van der Waals surface area contributed by atoms with Gasteiger partial charge in [0.2, 0.25) is 0 Å². The number of hydrogen-bond donors (Lipinski definition) is 0. The van der Waals surface area contributed by atoms with Crippen molar-refractivity contribution in [1.29, 1.82) is 0 Å². The van der Waals surface area contributed by atoms with E-state index in [2.05, 4.69) is 26.8 Å². The molecule has 1 atom stereocenters. The fourth-order valence-corrected chi connectivity index (χ4v) is 1.91. The molecule has 0 saturated heterocycles. The summed E-state index contributed by atoms with van der Waals surface area (Å²) in [6.45, 7) is 8.47. The second-order valence-electron chi connectivity index (χ2n) is 4.63. The largest absolute Gasteiger partial charge is 0.302 e. The van der Waals surface area contributed by atoms with E-state index in [1.165, 1.54) is 5.57 Å². The molecule has 0 aromatic carbocycles. The van der Waals surface area contributed by atoms with Crippen molar-refractivity contribution in [2.45, 2.75) is 40.5 Å². The molecular formula is C11H18O. The third-order valence-corrected chi connectivity index (χ3v) is 3.68. The second-order valence-corrected chi connectivity index (χ2v) is 4.63. The molecule has 0 aliphatic heterocycles. The van der Waals surface area contributed by atoms with E-state index >= 15 is 0 Å². The van der Waals surface area contributed by atoms with Crippen molar-refractivity contribution in [1.82, 2.24) is 0 Å². The van der Waals surface area contributed by atoms with Gasteiger partial charge in [-0.25, -0.2) is 0 Å². The molecular weight excluding hydrogens is 148 g/mol. The van der Waals surface area contributed by atoms with Crippen LogP contribution in [-0.2, 0) is 4.79 Å². The van der Waals surface area contributed by atoms with E-state index in [-0.39, 0.29) is 10.8 Å². The molecule has 0 amide bonds. The van der Waals surface area contributed by atoms with Crippen LogP contribution in [0.15, 0.2) is 11.6 Å². The zero-order valence-electron chi connectivity index (χ0n) is 8.48. The summed E-state index contributed by atoms with van der Waals surface area (Å²) in [4.78, 5) is 11.1. The standard InChI is InChI=1S/C11H18O/c1-9-6-5-7-10(2,3)11(9,4)8-12/h6,8H,5,7H2,1-4H3. The summed E-state index contributed by atoms with van der Waals surface area (Å²) in [5.74, 6) is 0. The molecule has 1 unspecified atom stereocenters. The van der Waals surface area contributed by atoms with Gasteiger partial charge >= 0.3 is 0 Å². The highest BCUT2D eigenvalue weighted by molar-refractivity contribution is 5.66. The SMILES string of the molecule is CC1=CCCC(C)(C)C1(C)C=O. The summed E-state index contributed by atoms with van der Waals surface area (Å²) >= 11 is 0. The Hall–Kier alpha value is -0.590. The minimum Gasteiger partial charge on any atom is -0.302 e. The van der Waals surface area contributed by atoms with E-state index in [4.69, 9.17) is 0 Å². The van der Waals surface area contributed by atoms with Gasteiger partial charge in [0.05, 0.1) is 0 Å². The van der Waals surface area contributed by atoms with Crippen molar-refractivity contribution in [2.75, 3.05) is 0 Å². The molecule has 1 aliphatic carbocycles. The molecule has 0 aromatic rings. The summed E-state index contributed by atoms with van der Waals surface area (Å²) in [5.41, 5.74) is 1.10. The van der Waals surface area contributed by atoms with Crippen LogP contribution >= 0.6 is 0 Å². The molecule has 0 radical (unpaired) electrons. The molecule has 1 heteroatoms. The molecule has 1 rings (SSSR count). The van der Waals surface area contributed by atoms with Crippen molar-refractivity contribution < 1.29 is 4.79 Å². The van der Waals surface area contributed by atoms with E-state index in [9.17, 15) is 4.79 Å². The van der Waals surface area contributed by atoms with Gasteiger partial charge in [-0.3, -0.25) is 0 Å². The Bertz CT molecular complexity index is 225. The second kappa shape index (κ2) is 2.72. The molecule has 0 bridgehead atoms. The monoisotopic (exact) mass is 166 g/mol. The Morgan fingerprint density at radius 1 is 1.42 bits per heavy atom. The first-order valence-electron chi connectivity index (χ1n) is 4.57. The lowest BCUT2D eigenvalue weighted by Crippen LogP contribution is -2.39. The summed E-state index contributed by atoms with van der Waals surface area (Å²) in [6, 6.07) is 0. The van der Waals surface area contributed by atoms with Crippen molar-refractivity contribution in [3.63, 3.8) is 0 Å². The fourth-order valence-electron chi connectivity index (χ4n) is 1.91. The number of allylic oxidation sites excluding steroid dienone is 2. The first-order valence-corrected chi connectivity index (χ1v) is 4.57. The molecule has 0 fully saturated rings. The molecule has 68 valence electrons. The highest BCUT2D eigenvalue weighted by Gasteiger charge is 2.43. The molecule has 0 aromatic heterocycles. The predicted molar refractivity (Wildman–Crippen MR) is 50.9 cm³/mol. The van der Waals surface area contributed by atoms with Gasteiger partial charge in [-0.1, -0.05) is 25.5 Å². The molecule has 1 aliphatic rings. The van der Waals surface area contributed by atoms with E-state index in [1.807, 2.05) is 6.92 Å². The van der Waals surface area contributed by atoms with Crippen LogP contribution in [0.25, 0.3) is 0 Å². The summed E-state index contributed by atoms with van der Waals surface area (Å²) in [7, 11) is 0. The summed E-state index contributed by atoms with van der Waals surface area (Å²) < 4.78 is 0. The lowest BCUT2D eigenvalue weighted by molar-refractivity contribution is -0.119. The molecule has 12 heavy (non-hydrogen) atoms. The van der Waals surface area contributed by atoms with Crippen LogP contribution in [0.2, 0.25) is 0 Å². The molecule has 0 N–H and O–H groups in total. The van der Waals surface area contributed by atoms with Crippen LogP contribution in [0.5, 0.6) is 0 Å². The zero-order chi connectivity index (χ0) is 9.41. The minimum absolute atomic E-state index is 0.119. The summed E-state index contributed by atoms with van der Waals surface area (Å²) in [6.07, 6.45) is 5.53. The van der Waals surface area contributed by atoms with Gasteiger partial charge in [0.1, 0.15) is 6.29 Å². The Labute approximate surface area is 74.9 Å². The van der Waals surface area contributed by atoms with Gasteiger partial charge in [-0.2, -0.15) is 0 Å². The fraction of sp³-hybridized carbons (Fsp3) is 0.727. The summed E-state index contributed by atoms with van der Waals surface area (Å²) in [5, 5.41) is 0. The predicted octanol–water partition coefficient (Wildman–Crippen LogP) is 2.96. The van der Waals surface area contributed by atoms with Gasteiger partial charge in [0.25, 0.3) is 0 Å². The van der Waals surface area contributed by atoms with Crippen molar-refractivity contribution in [3.8, 4) is 0 Å². The van der Waals surface area contributed by atoms with Gasteiger partial charge in [0.15, 0.2) is 0 Å². The van der Waals surface area contributed by atoms with E-state index in [1.54, 1.807) is 0 Å². The zero-order valence-corrected chi connectivity index (χ0v) is 8.48. The quantitative estimate of drug-likeness (QED) is 0.432. The van der Waals surface area contributed by atoms with E-state index in [0.717, 1.165) is 19.1 Å². The molecule has 1 nitrogen and oxygen atoms in total. The van der Waals surface area contributed by atoms with Gasteiger partial charge < -0.3 is 4.79 Å². The first kappa shape index (κ1) is 9.50. The highest BCUT2D eigenvalue weighted by atomic mass is 16.1. The lowest BCUT2D eigenvalue weighted by atomic mass is 9.59. The van der Waals surface area contributed by atoms with Crippen LogP contribution in [0.3, 0.4) is 0 Å². The maximum atomic E-state index is 11.1. The van der Waals surface area contributed by atoms with Crippen LogP contribution in [0.1, 0.15) is 40.5 Å². The molecule has 0 saturated carbocycles. The molecule has 0 heterocycles. The van der Waals surface area contributed by atoms with Gasteiger partial charge in [0, 0.05) is 5.41 Å². The van der Waals surface area contributed by atoms with Crippen molar-refractivity contribution in [2.24, 2.45) is 10.8 Å². The number of carbonyl (C=O) groups excluding carboxylic acids is 1. The van der Waals surface area contributed by atoms with Crippen LogP contribution in [0, 0.1) is 10.8 Å². The van der Waals surface area contributed by atoms with Crippen LogP contribution < -0.4 is 0 Å². The Morgan fingerprint density at radius 2 is 2.00 bits per heavy atom. The minimum atomic E-state index is -0.245. The van der Waals surface area contributed by atoms with E-state index < -0.39 is 0 Å². The van der Waals surface area contributed by atoms with Gasteiger partial charge in [-0.05, 0) is 32.1 Å². The Balaban J connectivity index is 3.12. The number of carbonyl (C=O) groups is 1. The van der Waals surface area contributed by atoms with Crippen molar-refractivity contribution >= 4 is 6.29 Å². The topological polar surface area (TPSA) is 17.1 Å². The molecule has 0 spiro atoms. The van der Waals surface area contributed by atoms with Crippen LogP contribution in [-0.4, -0.2) is 6.29 Å². The maximum absolute atomic E-state index is 11.1. The maximum Gasteiger partial charge on any atom is 0.130 e. The Morgan fingerprint density at radius 3 is 2.33 bits per heavy atom. The third kappa shape index (κ3) is 1.12. The average Bonchev–Trinajstić information content (AvgIpc) is 2.00. The van der Waals surface area contributed by atoms with E-state index in [0.29, 0.717) is 0 Å². The average molecular weight is 166 g/mol. The van der Waals surface area contributed by atoms with Gasteiger partial charge in [-0.15, -0.1) is 0 Å². The third-order valence-electron chi connectivity index (χ3n) is 3.68. The first-order chi connectivity index (χ1) is 5.44. The van der Waals surface area contributed by atoms with Crippen molar-refractivity contribution in [3.05, 3.63) is 11.6 Å². The lowest BCUT2D eigenvalue weighted by Gasteiger charge is -2.44. The number of rotatable bonds is 1. The smallest absolute Gasteiger partial charge is 0.130 e. The number of hydrogen-bond acceptors (Lipinski definition) is 1. The number of aldehydes is 1. The van der Waals surface area contributed by atoms with Crippen LogP contribution in [0.4, 0.5) is 0 Å².